The van der Waals surface area contributed by atoms with Gasteiger partial charge in [-0.25, -0.2) is 9.97 Å². The Kier molecular flexibility index (Phi) is 6.78. The predicted molar refractivity (Wildman–Crippen MR) is 154 cm³/mol. The van der Waals surface area contributed by atoms with E-state index in [0.29, 0.717) is 36.9 Å². The zero-order chi connectivity index (χ0) is 28.8. The number of hydrogen-bond donors (Lipinski definition) is 1. The molecule has 214 valence electrons. The summed E-state index contributed by atoms with van der Waals surface area (Å²) in [6.45, 7) is 3.65. The molecule has 0 saturated carbocycles. The highest BCUT2D eigenvalue weighted by atomic mass is 16.2. The first-order valence-electron chi connectivity index (χ1n) is 14.6. The van der Waals surface area contributed by atoms with Crippen LogP contribution >= 0.6 is 0 Å². The van der Waals surface area contributed by atoms with Gasteiger partial charge < -0.3 is 4.90 Å². The number of fused-ring (bicyclic) bond motifs is 2. The summed E-state index contributed by atoms with van der Waals surface area (Å²) >= 11 is 0. The van der Waals surface area contributed by atoms with Gasteiger partial charge in [-0.15, -0.1) is 0 Å². The molecule has 4 aliphatic rings. The van der Waals surface area contributed by atoms with Crippen molar-refractivity contribution in [2.24, 2.45) is 0 Å². The van der Waals surface area contributed by atoms with Crippen LogP contribution in [-0.4, -0.2) is 69.1 Å². The topological polar surface area (TPSA) is 116 Å². The second kappa shape index (κ2) is 10.8. The van der Waals surface area contributed by atoms with Crippen molar-refractivity contribution >= 4 is 29.6 Å². The minimum atomic E-state index is -0.595. The zero-order valence-electron chi connectivity index (χ0n) is 23.3. The fraction of sp³-hybridized carbons (Fsp3) is 0.375. The van der Waals surface area contributed by atoms with Gasteiger partial charge in [0.15, 0.2) is 0 Å². The Morgan fingerprint density at radius 2 is 1.62 bits per heavy atom. The van der Waals surface area contributed by atoms with E-state index < -0.39 is 6.04 Å². The van der Waals surface area contributed by atoms with E-state index in [-0.39, 0.29) is 30.0 Å². The van der Waals surface area contributed by atoms with Gasteiger partial charge in [0, 0.05) is 49.6 Å². The fourth-order valence-electron chi connectivity index (χ4n) is 6.77. The van der Waals surface area contributed by atoms with E-state index in [4.69, 9.17) is 0 Å². The Morgan fingerprint density at radius 3 is 2.40 bits per heavy atom. The van der Waals surface area contributed by atoms with Crippen LogP contribution in [0.1, 0.15) is 74.6 Å². The molecule has 10 nitrogen and oxygen atoms in total. The normalized spacial score (nSPS) is 21.4. The molecule has 7 rings (SSSR count). The van der Waals surface area contributed by atoms with Crippen molar-refractivity contribution < 1.29 is 19.2 Å². The molecule has 1 unspecified atom stereocenters. The number of benzene rings is 2. The first kappa shape index (κ1) is 26.5. The minimum Gasteiger partial charge on any atom is -0.322 e. The van der Waals surface area contributed by atoms with Gasteiger partial charge in [0.2, 0.25) is 17.8 Å². The second-order valence-electron chi connectivity index (χ2n) is 11.6. The summed E-state index contributed by atoms with van der Waals surface area (Å²) in [5.74, 6) is -0.000978. The molecule has 0 aliphatic carbocycles. The van der Waals surface area contributed by atoms with Crippen LogP contribution in [0, 0.1) is 0 Å². The number of hydrogen-bond acceptors (Lipinski definition) is 7. The number of amides is 4. The van der Waals surface area contributed by atoms with Crippen LogP contribution in [0.5, 0.6) is 0 Å². The molecule has 4 aliphatic heterocycles. The molecule has 1 aromatic heterocycles. The van der Waals surface area contributed by atoms with Crippen molar-refractivity contribution in [3.8, 4) is 0 Å². The number of nitrogens with zero attached hydrogens (tertiary/aromatic N) is 5. The fourth-order valence-corrected chi connectivity index (χ4v) is 6.77. The van der Waals surface area contributed by atoms with Gasteiger partial charge in [0.1, 0.15) is 6.04 Å². The Labute approximate surface area is 243 Å². The second-order valence-corrected chi connectivity index (χ2v) is 11.6. The summed E-state index contributed by atoms with van der Waals surface area (Å²) in [6.07, 6.45) is 6.73. The number of nitrogens with one attached hydrogen (secondary N) is 1. The van der Waals surface area contributed by atoms with Gasteiger partial charge >= 0.3 is 0 Å². The summed E-state index contributed by atoms with van der Waals surface area (Å²) in [5.41, 5.74) is 5.77. The molecule has 3 aromatic rings. The summed E-state index contributed by atoms with van der Waals surface area (Å²) in [5, 5.41) is 2.36. The van der Waals surface area contributed by atoms with Crippen molar-refractivity contribution in [3.05, 3.63) is 88.2 Å². The van der Waals surface area contributed by atoms with Gasteiger partial charge in [-0.1, -0.05) is 24.3 Å². The molecule has 1 atom stereocenters. The number of aromatic nitrogens is 2. The van der Waals surface area contributed by atoms with E-state index in [1.807, 2.05) is 12.1 Å². The molecule has 2 aromatic carbocycles. The molecular weight excluding hydrogens is 532 g/mol. The summed E-state index contributed by atoms with van der Waals surface area (Å²) in [7, 11) is 0. The number of imide groups is 1. The largest absolute Gasteiger partial charge is 0.322 e. The van der Waals surface area contributed by atoms with E-state index in [0.717, 1.165) is 61.2 Å². The summed E-state index contributed by atoms with van der Waals surface area (Å²) in [6, 6.07) is 13.5. The number of carbonyl (C=O) groups excluding carboxylic acids is 4. The van der Waals surface area contributed by atoms with E-state index >= 15 is 0 Å². The monoisotopic (exact) mass is 564 g/mol. The van der Waals surface area contributed by atoms with Crippen molar-refractivity contribution in [2.75, 3.05) is 24.5 Å². The van der Waals surface area contributed by atoms with Gasteiger partial charge in [0.05, 0.1) is 0 Å². The lowest BCUT2D eigenvalue weighted by Gasteiger charge is -2.33. The molecule has 2 fully saturated rings. The SMILES string of the molecule is O=C1CCC(N2Cc3cc(C4CCN(Cc5ccc6c(c5)C(=O)N(c5ncccn5)CC6)CC4)ccc3C2=O)C(=O)N1. The van der Waals surface area contributed by atoms with Crippen molar-refractivity contribution in [3.63, 3.8) is 0 Å². The highest BCUT2D eigenvalue weighted by Gasteiger charge is 2.39. The molecule has 4 amide bonds. The smallest absolute Gasteiger partial charge is 0.260 e. The maximum atomic E-state index is 13.3. The summed E-state index contributed by atoms with van der Waals surface area (Å²) in [4.78, 5) is 64.5. The molecule has 1 N–H and O–H groups in total. The lowest BCUT2D eigenvalue weighted by molar-refractivity contribution is -0.136. The van der Waals surface area contributed by atoms with E-state index in [1.54, 1.807) is 28.3 Å². The third-order valence-corrected chi connectivity index (χ3v) is 9.06. The van der Waals surface area contributed by atoms with E-state index in [2.05, 4.69) is 44.5 Å². The van der Waals surface area contributed by atoms with Crippen molar-refractivity contribution in [2.45, 2.75) is 57.2 Å². The molecule has 5 heterocycles. The Bertz CT molecular complexity index is 1580. The molecule has 42 heavy (non-hydrogen) atoms. The molecule has 0 spiro atoms. The molecule has 2 saturated heterocycles. The average Bonchev–Trinajstić information content (AvgIpc) is 3.33. The Morgan fingerprint density at radius 1 is 0.810 bits per heavy atom. The highest BCUT2D eigenvalue weighted by molar-refractivity contribution is 6.07. The molecular formula is C32H32N6O4. The zero-order valence-corrected chi connectivity index (χ0v) is 23.3. The van der Waals surface area contributed by atoms with Gasteiger partial charge in [-0.2, -0.15) is 0 Å². The maximum absolute atomic E-state index is 13.3. The van der Waals surface area contributed by atoms with E-state index in [9.17, 15) is 19.2 Å². The van der Waals surface area contributed by atoms with Crippen LogP contribution < -0.4 is 10.2 Å². The number of likely N-dealkylation sites (tertiary alicyclic amines) is 1. The minimum absolute atomic E-state index is 0.0470. The van der Waals surface area contributed by atoms with Crippen LogP contribution in [0.2, 0.25) is 0 Å². The molecule has 10 heteroatoms. The van der Waals surface area contributed by atoms with Gasteiger partial charge in [0.25, 0.3) is 11.8 Å². The number of rotatable bonds is 5. The Hall–Kier alpha value is -4.44. The van der Waals surface area contributed by atoms with Gasteiger partial charge in [-0.05, 0) is 85.1 Å². The molecule has 0 bridgehead atoms. The summed E-state index contributed by atoms with van der Waals surface area (Å²) < 4.78 is 0. The predicted octanol–water partition coefficient (Wildman–Crippen LogP) is 2.82. The third kappa shape index (κ3) is 4.85. The van der Waals surface area contributed by atoms with E-state index in [1.165, 1.54) is 5.56 Å². The van der Waals surface area contributed by atoms with Crippen molar-refractivity contribution in [1.29, 1.82) is 0 Å². The van der Waals surface area contributed by atoms with Gasteiger partial charge in [-0.3, -0.25) is 34.3 Å². The van der Waals surface area contributed by atoms with Crippen molar-refractivity contribution in [1.82, 2.24) is 25.1 Å². The van der Waals surface area contributed by atoms with Crippen LogP contribution in [0.15, 0.2) is 54.9 Å². The number of carbonyl (C=O) groups is 4. The highest BCUT2D eigenvalue weighted by Crippen LogP contribution is 2.34. The number of anilines is 1. The quantitative estimate of drug-likeness (QED) is 0.474. The lowest BCUT2D eigenvalue weighted by atomic mass is 9.87. The number of piperidine rings is 2. The first-order valence-corrected chi connectivity index (χ1v) is 14.6. The molecule has 0 radical (unpaired) electrons. The van der Waals surface area contributed by atoms with Crippen LogP contribution in [0.3, 0.4) is 0 Å². The Balaban J connectivity index is 0.982. The van der Waals surface area contributed by atoms with Crippen LogP contribution in [0.4, 0.5) is 5.95 Å². The first-order chi connectivity index (χ1) is 20.4. The third-order valence-electron chi connectivity index (χ3n) is 9.06. The average molecular weight is 565 g/mol. The maximum Gasteiger partial charge on any atom is 0.260 e. The van der Waals surface area contributed by atoms with Crippen LogP contribution in [-0.2, 0) is 29.1 Å². The lowest BCUT2D eigenvalue weighted by Crippen LogP contribution is -2.52. The standard InChI is InChI=1S/C32H32N6O4/c39-28-7-6-27(29(40)35-28)38-19-24-17-23(4-5-25(24)30(38)41)21-8-13-36(14-9-21)18-20-2-3-22-10-15-37(31(42)26(22)16-20)32-33-11-1-12-34-32/h1-5,11-12,16-17,21,27H,6-10,13-15,18-19H2,(H,35,39,40). The van der Waals surface area contributed by atoms with Crippen LogP contribution in [0.25, 0.3) is 0 Å².